The van der Waals surface area contributed by atoms with Crippen molar-refractivity contribution in [3.05, 3.63) is 83.4 Å². The molecule has 0 saturated heterocycles. The highest BCUT2D eigenvalue weighted by Crippen LogP contribution is 2.32. The average molecular weight is 376 g/mol. The molecule has 0 aromatic heterocycles. The number of hydrogen-bond donors (Lipinski definition) is 1. The molecule has 6 heteroatoms. The zero-order chi connectivity index (χ0) is 19.9. The van der Waals surface area contributed by atoms with Crippen LogP contribution in [0.1, 0.15) is 30.0 Å². The lowest BCUT2D eigenvalue weighted by Gasteiger charge is -2.12. The fourth-order valence-electron chi connectivity index (χ4n) is 2.38. The highest BCUT2D eigenvalue weighted by atomic mass is 19.4. The molecule has 1 N–H and O–H groups in total. The van der Waals surface area contributed by atoms with E-state index in [1.54, 1.807) is 30.3 Å². The molecule has 27 heavy (non-hydrogen) atoms. The number of benzene rings is 2. The van der Waals surface area contributed by atoms with Gasteiger partial charge in [-0.25, -0.2) is 4.79 Å². The molecule has 0 aliphatic carbocycles. The van der Waals surface area contributed by atoms with Crippen molar-refractivity contribution in [1.82, 2.24) is 0 Å². The standard InChI is InChI=1S/C21H19F3O3/c1-2-14-27-18-12-8-16(9-13-18)19(4-3-5-20(25)26)15-6-10-17(11-7-15)21(22,23)24/h3-13H,2,14H2,1H3,(H,25,26)/b5-3+,19-4-. The topological polar surface area (TPSA) is 46.5 Å². The molecule has 0 heterocycles. The van der Waals surface area contributed by atoms with Gasteiger partial charge in [-0.15, -0.1) is 0 Å². The van der Waals surface area contributed by atoms with Crippen molar-refractivity contribution >= 4 is 11.5 Å². The van der Waals surface area contributed by atoms with Crippen LogP contribution in [-0.2, 0) is 11.0 Å². The SMILES string of the molecule is CCCOc1ccc(/C(=C\C=C\C(=O)O)c2ccc(C(F)(F)F)cc2)cc1. The van der Waals surface area contributed by atoms with Crippen LogP contribution in [0.4, 0.5) is 13.2 Å². The number of aliphatic carboxylic acids is 1. The summed E-state index contributed by atoms with van der Waals surface area (Å²) in [5.41, 5.74) is 1.13. The number of carbonyl (C=O) groups is 1. The largest absolute Gasteiger partial charge is 0.494 e. The van der Waals surface area contributed by atoms with Gasteiger partial charge in [-0.2, -0.15) is 13.2 Å². The van der Waals surface area contributed by atoms with Crippen LogP contribution in [0.15, 0.2) is 66.8 Å². The number of alkyl halides is 3. The van der Waals surface area contributed by atoms with E-state index in [1.165, 1.54) is 18.2 Å². The van der Waals surface area contributed by atoms with Gasteiger partial charge in [0.1, 0.15) is 5.75 Å². The van der Waals surface area contributed by atoms with Gasteiger partial charge in [0, 0.05) is 6.08 Å². The van der Waals surface area contributed by atoms with Crippen LogP contribution in [0.25, 0.3) is 5.57 Å². The minimum absolute atomic E-state index is 0.542. The van der Waals surface area contributed by atoms with E-state index in [0.29, 0.717) is 23.5 Å². The molecular weight excluding hydrogens is 357 g/mol. The minimum Gasteiger partial charge on any atom is -0.494 e. The molecule has 0 atom stereocenters. The first-order chi connectivity index (χ1) is 12.8. The minimum atomic E-state index is -4.41. The summed E-state index contributed by atoms with van der Waals surface area (Å²) >= 11 is 0. The maximum atomic E-state index is 12.8. The van der Waals surface area contributed by atoms with Gasteiger partial charge < -0.3 is 9.84 Å². The summed E-state index contributed by atoms with van der Waals surface area (Å²) in [6.45, 7) is 2.58. The zero-order valence-corrected chi connectivity index (χ0v) is 14.7. The Hall–Kier alpha value is -3.02. The molecule has 0 bridgehead atoms. The molecule has 2 rings (SSSR count). The molecule has 0 aliphatic heterocycles. The van der Waals surface area contributed by atoms with Crippen LogP contribution in [0.2, 0.25) is 0 Å². The van der Waals surface area contributed by atoms with Crippen LogP contribution in [0, 0.1) is 0 Å². The maximum absolute atomic E-state index is 12.8. The molecule has 0 unspecified atom stereocenters. The third kappa shape index (κ3) is 6.02. The smallest absolute Gasteiger partial charge is 0.416 e. The van der Waals surface area contributed by atoms with Crippen molar-refractivity contribution in [2.24, 2.45) is 0 Å². The summed E-state index contributed by atoms with van der Waals surface area (Å²) < 4.78 is 43.9. The van der Waals surface area contributed by atoms with Crippen LogP contribution in [0.5, 0.6) is 5.75 Å². The molecule has 3 nitrogen and oxygen atoms in total. The van der Waals surface area contributed by atoms with Gasteiger partial charge in [0.05, 0.1) is 12.2 Å². The highest BCUT2D eigenvalue weighted by Gasteiger charge is 2.30. The quantitative estimate of drug-likeness (QED) is 0.508. The lowest BCUT2D eigenvalue weighted by molar-refractivity contribution is -0.137. The molecule has 2 aromatic carbocycles. The molecule has 0 fully saturated rings. The first kappa shape index (κ1) is 20.3. The van der Waals surface area contributed by atoms with E-state index in [-0.39, 0.29) is 0 Å². The average Bonchev–Trinajstić information content (AvgIpc) is 2.63. The van der Waals surface area contributed by atoms with E-state index >= 15 is 0 Å². The summed E-state index contributed by atoms with van der Waals surface area (Å²) in [5.74, 6) is -0.421. The summed E-state index contributed by atoms with van der Waals surface area (Å²) in [6.07, 6.45) is 0.320. The lowest BCUT2D eigenvalue weighted by atomic mass is 9.96. The van der Waals surface area contributed by atoms with Crippen molar-refractivity contribution in [2.75, 3.05) is 6.61 Å². The molecule has 2 aromatic rings. The predicted molar refractivity (Wildman–Crippen MR) is 97.5 cm³/mol. The number of carboxylic acid groups (broad SMARTS) is 1. The highest BCUT2D eigenvalue weighted by molar-refractivity contribution is 5.84. The Morgan fingerprint density at radius 1 is 1.04 bits per heavy atom. The number of rotatable bonds is 7. The molecule has 0 radical (unpaired) electrons. The monoisotopic (exact) mass is 376 g/mol. The molecule has 0 spiro atoms. The van der Waals surface area contributed by atoms with Crippen LogP contribution >= 0.6 is 0 Å². The van der Waals surface area contributed by atoms with E-state index in [0.717, 1.165) is 30.2 Å². The Labute approximate surface area is 155 Å². The van der Waals surface area contributed by atoms with Crippen LogP contribution in [-0.4, -0.2) is 17.7 Å². The van der Waals surface area contributed by atoms with Gasteiger partial charge >= 0.3 is 12.1 Å². The van der Waals surface area contributed by atoms with Crippen LogP contribution < -0.4 is 4.74 Å². The Morgan fingerprint density at radius 3 is 2.07 bits per heavy atom. The number of allylic oxidation sites excluding steroid dienone is 2. The number of hydrogen-bond acceptors (Lipinski definition) is 2. The first-order valence-electron chi connectivity index (χ1n) is 8.33. The van der Waals surface area contributed by atoms with Gasteiger partial charge in [-0.05, 0) is 47.4 Å². The molecular formula is C21H19F3O3. The first-order valence-corrected chi connectivity index (χ1v) is 8.33. The Balaban J connectivity index is 2.38. The van der Waals surface area contributed by atoms with Crippen molar-refractivity contribution < 1.29 is 27.8 Å². The number of halogens is 3. The van der Waals surface area contributed by atoms with E-state index in [9.17, 15) is 18.0 Å². The fourth-order valence-corrected chi connectivity index (χ4v) is 2.38. The Bertz CT molecular complexity index is 817. The van der Waals surface area contributed by atoms with Crippen molar-refractivity contribution in [2.45, 2.75) is 19.5 Å². The van der Waals surface area contributed by atoms with Gasteiger partial charge in [0.2, 0.25) is 0 Å². The number of carboxylic acids is 1. The zero-order valence-electron chi connectivity index (χ0n) is 14.7. The van der Waals surface area contributed by atoms with Crippen molar-refractivity contribution in [3.8, 4) is 5.75 Å². The summed E-state index contributed by atoms with van der Waals surface area (Å²) in [5, 5.41) is 8.75. The Kier molecular flexibility index (Phi) is 6.82. The summed E-state index contributed by atoms with van der Waals surface area (Å²) in [7, 11) is 0. The van der Waals surface area contributed by atoms with E-state index in [4.69, 9.17) is 9.84 Å². The summed E-state index contributed by atoms with van der Waals surface area (Å²) in [6, 6.07) is 11.8. The lowest BCUT2D eigenvalue weighted by Crippen LogP contribution is -2.04. The molecule has 0 saturated carbocycles. The van der Waals surface area contributed by atoms with Crippen molar-refractivity contribution in [3.63, 3.8) is 0 Å². The van der Waals surface area contributed by atoms with Gasteiger partial charge in [0.15, 0.2) is 0 Å². The van der Waals surface area contributed by atoms with Gasteiger partial charge in [-0.1, -0.05) is 43.3 Å². The molecule has 0 amide bonds. The fraction of sp³-hybridized carbons (Fsp3) is 0.190. The molecule has 0 aliphatic rings. The Morgan fingerprint density at radius 2 is 1.59 bits per heavy atom. The normalized spacial score (nSPS) is 12.4. The van der Waals surface area contributed by atoms with E-state index in [1.807, 2.05) is 6.92 Å². The third-order valence-electron chi connectivity index (χ3n) is 3.66. The van der Waals surface area contributed by atoms with Crippen LogP contribution in [0.3, 0.4) is 0 Å². The summed E-state index contributed by atoms with van der Waals surface area (Å²) in [4.78, 5) is 10.7. The predicted octanol–water partition coefficient (Wildman–Crippen LogP) is 5.57. The third-order valence-corrected chi connectivity index (χ3v) is 3.66. The molecule has 142 valence electrons. The number of ether oxygens (including phenoxy) is 1. The second-order valence-electron chi connectivity index (χ2n) is 5.73. The second kappa shape index (κ2) is 9.07. The van der Waals surface area contributed by atoms with E-state index in [2.05, 4.69) is 0 Å². The van der Waals surface area contributed by atoms with Gasteiger partial charge in [-0.3, -0.25) is 0 Å². The van der Waals surface area contributed by atoms with Gasteiger partial charge in [0.25, 0.3) is 0 Å². The second-order valence-corrected chi connectivity index (χ2v) is 5.73. The maximum Gasteiger partial charge on any atom is 0.416 e. The van der Waals surface area contributed by atoms with Crippen molar-refractivity contribution in [1.29, 1.82) is 0 Å². The van der Waals surface area contributed by atoms with E-state index < -0.39 is 17.7 Å².